The highest BCUT2D eigenvalue weighted by Gasteiger charge is 2.32. The fraction of sp³-hybridized carbons (Fsp3) is 0.0500. The Morgan fingerprint density at radius 2 is 1.93 bits per heavy atom. The van der Waals surface area contributed by atoms with Crippen LogP contribution in [0.5, 0.6) is 0 Å². The Hall–Kier alpha value is -3.16. The van der Waals surface area contributed by atoms with E-state index in [1.807, 2.05) is 17.5 Å². The number of aromatic nitrogens is 1. The quantitative estimate of drug-likeness (QED) is 0.595. The normalized spacial score (nSPS) is 14.0. The molecule has 3 aromatic rings. The second-order valence-corrected chi connectivity index (χ2v) is 7.48. The number of para-hydroxylation sites is 1. The molecule has 2 heterocycles. The molecule has 0 bridgehead atoms. The van der Waals surface area contributed by atoms with E-state index in [4.69, 9.17) is 22.7 Å². The standard InChI is InChI=1S/C20H15ClN4O2S/c21-12-7-5-11(6-8-12)14-10-28-20(24-14)17-16(26)9-25(18(17)22)15-4-2-1-3-13(15)19(23)27/h1-8,10,22,26H,9H2,(H2,23,27). The third-order valence-electron chi connectivity index (χ3n) is 4.42. The van der Waals surface area contributed by atoms with Gasteiger partial charge in [0.25, 0.3) is 5.91 Å². The molecule has 0 unspecified atom stereocenters. The van der Waals surface area contributed by atoms with Crippen LogP contribution < -0.4 is 10.6 Å². The van der Waals surface area contributed by atoms with Crippen LogP contribution in [0.25, 0.3) is 16.8 Å². The molecule has 2 aromatic carbocycles. The smallest absolute Gasteiger partial charge is 0.250 e. The van der Waals surface area contributed by atoms with Crippen LogP contribution in [0, 0.1) is 5.41 Å². The lowest BCUT2D eigenvalue weighted by molar-refractivity contribution is 0.100. The summed E-state index contributed by atoms with van der Waals surface area (Å²) in [5, 5.41) is 22.1. The van der Waals surface area contributed by atoms with Gasteiger partial charge in [-0.15, -0.1) is 11.3 Å². The van der Waals surface area contributed by atoms with Crippen LogP contribution in [0.1, 0.15) is 15.4 Å². The number of amides is 1. The highest BCUT2D eigenvalue weighted by molar-refractivity contribution is 7.11. The van der Waals surface area contributed by atoms with Gasteiger partial charge in [-0.3, -0.25) is 10.2 Å². The molecule has 6 nitrogen and oxygen atoms in total. The summed E-state index contributed by atoms with van der Waals surface area (Å²) < 4.78 is 0. The number of nitrogens with zero attached hydrogens (tertiary/aromatic N) is 2. The second kappa shape index (κ2) is 7.10. The number of aliphatic hydroxyl groups is 1. The highest BCUT2D eigenvalue weighted by atomic mass is 35.5. The molecule has 1 aliphatic rings. The average molecular weight is 411 g/mol. The van der Waals surface area contributed by atoms with Gasteiger partial charge >= 0.3 is 0 Å². The zero-order valence-electron chi connectivity index (χ0n) is 14.5. The molecule has 140 valence electrons. The highest BCUT2D eigenvalue weighted by Crippen LogP contribution is 2.35. The number of rotatable bonds is 4. The van der Waals surface area contributed by atoms with E-state index in [2.05, 4.69) is 4.98 Å². The number of carbonyl (C=O) groups excluding carboxylic acids is 1. The number of benzene rings is 2. The third-order valence-corrected chi connectivity index (χ3v) is 5.53. The summed E-state index contributed by atoms with van der Waals surface area (Å²) in [5.41, 5.74) is 8.21. The minimum Gasteiger partial charge on any atom is -0.510 e. The van der Waals surface area contributed by atoms with Crippen molar-refractivity contribution in [2.24, 2.45) is 5.73 Å². The maximum Gasteiger partial charge on any atom is 0.250 e. The molecule has 0 spiro atoms. The largest absolute Gasteiger partial charge is 0.510 e. The van der Waals surface area contributed by atoms with Crippen LogP contribution in [0.4, 0.5) is 5.69 Å². The molecular formula is C20H15ClN4O2S. The molecule has 0 aliphatic carbocycles. The summed E-state index contributed by atoms with van der Waals surface area (Å²) in [6.45, 7) is 0.0777. The number of amidine groups is 1. The van der Waals surface area contributed by atoms with E-state index in [1.54, 1.807) is 41.3 Å². The molecule has 0 atom stereocenters. The van der Waals surface area contributed by atoms with Crippen LogP contribution in [-0.2, 0) is 0 Å². The summed E-state index contributed by atoms with van der Waals surface area (Å²) >= 11 is 7.27. The Kier molecular flexibility index (Phi) is 4.62. The number of thiazole rings is 1. The van der Waals surface area contributed by atoms with Crippen molar-refractivity contribution in [1.29, 1.82) is 5.41 Å². The number of aliphatic hydroxyl groups excluding tert-OH is 1. The number of halogens is 1. The molecule has 28 heavy (non-hydrogen) atoms. The molecule has 0 fully saturated rings. The molecule has 4 rings (SSSR count). The van der Waals surface area contributed by atoms with Crippen molar-refractivity contribution < 1.29 is 9.90 Å². The van der Waals surface area contributed by atoms with Crippen molar-refractivity contribution in [3.05, 3.63) is 75.3 Å². The van der Waals surface area contributed by atoms with Crippen LogP contribution >= 0.6 is 22.9 Å². The van der Waals surface area contributed by atoms with E-state index in [-0.39, 0.29) is 18.1 Å². The Morgan fingerprint density at radius 3 is 2.64 bits per heavy atom. The van der Waals surface area contributed by atoms with Crippen molar-refractivity contribution in [2.75, 3.05) is 11.4 Å². The van der Waals surface area contributed by atoms with Crippen molar-refractivity contribution in [3.8, 4) is 11.3 Å². The predicted octanol–water partition coefficient (Wildman–Crippen LogP) is 4.33. The van der Waals surface area contributed by atoms with Gasteiger partial charge in [0.2, 0.25) is 0 Å². The van der Waals surface area contributed by atoms with E-state index in [0.29, 0.717) is 26.9 Å². The van der Waals surface area contributed by atoms with Gasteiger partial charge in [0.15, 0.2) is 0 Å². The molecule has 1 aliphatic heterocycles. The van der Waals surface area contributed by atoms with Crippen LogP contribution in [-0.4, -0.2) is 28.4 Å². The van der Waals surface area contributed by atoms with Crippen molar-refractivity contribution in [3.63, 3.8) is 0 Å². The minimum absolute atomic E-state index is 0.0290. The molecule has 0 radical (unpaired) electrons. The summed E-state index contributed by atoms with van der Waals surface area (Å²) in [6, 6.07) is 14.1. The topological polar surface area (TPSA) is 103 Å². The third kappa shape index (κ3) is 3.15. The van der Waals surface area contributed by atoms with Gasteiger partial charge in [-0.05, 0) is 24.3 Å². The lowest BCUT2D eigenvalue weighted by Gasteiger charge is -2.20. The molecule has 0 saturated carbocycles. The number of primary amides is 1. The lowest BCUT2D eigenvalue weighted by atomic mass is 10.1. The number of carbonyl (C=O) groups is 1. The van der Waals surface area contributed by atoms with Crippen LogP contribution in [0.15, 0.2) is 59.7 Å². The maximum absolute atomic E-state index is 11.7. The van der Waals surface area contributed by atoms with E-state index in [1.165, 1.54) is 11.3 Å². The monoisotopic (exact) mass is 410 g/mol. The number of hydrogen-bond donors (Lipinski definition) is 3. The molecule has 4 N–H and O–H groups in total. The Labute approximate surface area is 170 Å². The van der Waals surface area contributed by atoms with Gasteiger partial charge in [-0.25, -0.2) is 4.98 Å². The molecule has 0 saturated heterocycles. The van der Waals surface area contributed by atoms with Crippen LogP contribution in [0.2, 0.25) is 5.02 Å². The first-order valence-electron chi connectivity index (χ1n) is 8.35. The zero-order chi connectivity index (χ0) is 19.8. The van der Waals surface area contributed by atoms with Crippen molar-refractivity contribution in [2.45, 2.75) is 0 Å². The Balaban J connectivity index is 1.67. The number of hydrogen-bond acceptors (Lipinski definition) is 5. The predicted molar refractivity (Wildman–Crippen MR) is 112 cm³/mol. The SMILES string of the molecule is N=C1C(c2nc(-c3ccc(Cl)cc3)cs2)=C(O)CN1c1ccccc1C(N)=O. The minimum atomic E-state index is -0.587. The van der Waals surface area contributed by atoms with Gasteiger partial charge in [-0.2, -0.15) is 0 Å². The fourth-order valence-corrected chi connectivity index (χ4v) is 4.09. The first-order valence-corrected chi connectivity index (χ1v) is 9.60. The number of nitrogens with two attached hydrogens (primary N) is 1. The molecular weight excluding hydrogens is 396 g/mol. The number of nitrogens with one attached hydrogen (secondary N) is 1. The van der Waals surface area contributed by atoms with Crippen molar-refractivity contribution >= 4 is 45.9 Å². The van der Waals surface area contributed by atoms with E-state index in [9.17, 15) is 9.90 Å². The maximum atomic E-state index is 11.7. The molecule has 8 heteroatoms. The van der Waals surface area contributed by atoms with Crippen LogP contribution in [0.3, 0.4) is 0 Å². The summed E-state index contributed by atoms with van der Waals surface area (Å²) in [4.78, 5) is 17.9. The second-order valence-electron chi connectivity index (χ2n) is 6.18. The van der Waals surface area contributed by atoms with Gasteiger partial charge in [0.05, 0.1) is 29.1 Å². The lowest BCUT2D eigenvalue weighted by Crippen LogP contribution is -2.29. The van der Waals surface area contributed by atoms with E-state index >= 15 is 0 Å². The number of anilines is 1. The average Bonchev–Trinajstić information content (AvgIpc) is 3.26. The first kappa shape index (κ1) is 18.2. The first-order chi connectivity index (χ1) is 13.5. The summed E-state index contributed by atoms with van der Waals surface area (Å²) in [5.74, 6) is -0.486. The summed E-state index contributed by atoms with van der Waals surface area (Å²) in [7, 11) is 0. The van der Waals surface area contributed by atoms with E-state index < -0.39 is 5.91 Å². The molecule has 1 aromatic heterocycles. The van der Waals surface area contributed by atoms with Gasteiger partial charge in [0.1, 0.15) is 16.6 Å². The van der Waals surface area contributed by atoms with Gasteiger partial charge in [0, 0.05) is 16.0 Å². The molecule has 1 amide bonds. The van der Waals surface area contributed by atoms with Crippen molar-refractivity contribution in [1.82, 2.24) is 4.98 Å². The zero-order valence-corrected chi connectivity index (χ0v) is 16.1. The van der Waals surface area contributed by atoms with Gasteiger partial charge in [-0.1, -0.05) is 35.9 Å². The Morgan fingerprint density at radius 1 is 1.21 bits per heavy atom. The fourth-order valence-electron chi connectivity index (χ4n) is 3.07. The van der Waals surface area contributed by atoms with E-state index in [0.717, 1.165) is 11.3 Å². The van der Waals surface area contributed by atoms with Gasteiger partial charge < -0.3 is 15.7 Å². The Bertz CT molecular complexity index is 1120. The summed E-state index contributed by atoms with van der Waals surface area (Å²) in [6.07, 6.45) is 0.